The van der Waals surface area contributed by atoms with Crippen LogP contribution in [0.25, 0.3) is 10.2 Å². The Labute approximate surface area is 164 Å². The molecule has 1 aromatic heterocycles. The predicted molar refractivity (Wildman–Crippen MR) is 103 cm³/mol. The molecular weight excluding hydrogens is 383 g/mol. The largest absolute Gasteiger partial charge is 0.481 e. The number of fused-ring (bicyclic) bond motifs is 2. The topological polar surface area (TPSA) is 79.7 Å². The van der Waals surface area contributed by atoms with Gasteiger partial charge in [-0.15, -0.1) is 11.3 Å². The van der Waals surface area contributed by atoms with Crippen molar-refractivity contribution >= 4 is 39.1 Å². The zero-order valence-electron chi connectivity index (χ0n) is 15.0. The van der Waals surface area contributed by atoms with E-state index in [-0.39, 0.29) is 12.4 Å². The van der Waals surface area contributed by atoms with Crippen LogP contribution in [0, 0.1) is 5.82 Å². The number of carbonyl (C=O) groups is 2. The number of halogens is 1. The van der Waals surface area contributed by atoms with Gasteiger partial charge < -0.3 is 9.84 Å². The van der Waals surface area contributed by atoms with E-state index in [2.05, 4.69) is 4.98 Å². The highest BCUT2D eigenvalue weighted by atomic mass is 32.1. The highest BCUT2D eigenvalue weighted by molar-refractivity contribution is 7.18. The number of carboxylic acids is 1. The third kappa shape index (κ3) is 3.43. The minimum Gasteiger partial charge on any atom is -0.481 e. The molecule has 0 spiro atoms. The number of anilines is 1. The van der Waals surface area contributed by atoms with Crippen LogP contribution in [0.3, 0.4) is 0 Å². The second kappa shape index (κ2) is 7.20. The summed E-state index contributed by atoms with van der Waals surface area (Å²) in [6, 6.07) is 9.92. The van der Waals surface area contributed by atoms with E-state index in [4.69, 9.17) is 9.84 Å². The third-order valence-corrected chi connectivity index (χ3v) is 5.60. The standard InChI is InChI=1S/C20H17FN2O4S/c1-2-11-3-5-14-15(7-11)27-16(9-19(24)25)20(26)23(14)10-18-22-13-8-12(21)4-6-17(13)28-18/h3-8,16H,2,9-10H2,1H3,(H,24,25). The van der Waals surface area contributed by atoms with Gasteiger partial charge >= 0.3 is 5.97 Å². The minimum atomic E-state index is -1.11. The molecule has 0 saturated heterocycles. The number of ether oxygens (including phenoxy) is 1. The summed E-state index contributed by atoms with van der Waals surface area (Å²) in [7, 11) is 0. The molecule has 0 fully saturated rings. The van der Waals surface area contributed by atoms with Crippen molar-refractivity contribution in [2.75, 3.05) is 4.90 Å². The first-order valence-corrected chi connectivity index (χ1v) is 9.64. The number of carbonyl (C=O) groups excluding carboxylic acids is 1. The van der Waals surface area contributed by atoms with Gasteiger partial charge in [0.05, 0.1) is 28.9 Å². The lowest BCUT2D eigenvalue weighted by Crippen LogP contribution is -2.46. The Morgan fingerprint density at radius 2 is 2.14 bits per heavy atom. The van der Waals surface area contributed by atoms with Gasteiger partial charge in [-0.25, -0.2) is 9.37 Å². The van der Waals surface area contributed by atoms with Gasteiger partial charge in [-0.05, 0) is 36.2 Å². The average molecular weight is 400 g/mol. The smallest absolute Gasteiger partial charge is 0.307 e. The van der Waals surface area contributed by atoms with Crippen molar-refractivity contribution in [2.24, 2.45) is 0 Å². The fraction of sp³-hybridized carbons (Fsp3) is 0.250. The number of nitrogens with zero attached hydrogens (tertiary/aromatic N) is 2. The molecule has 0 bridgehead atoms. The summed E-state index contributed by atoms with van der Waals surface area (Å²) in [5.41, 5.74) is 2.14. The summed E-state index contributed by atoms with van der Waals surface area (Å²) in [5.74, 6) is -1.42. The molecule has 0 saturated carbocycles. The van der Waals surface area contributed by atoms with Crippen molar-refractivity contribution in [3.8, 4) is 5.75 Å². The molecule has 1 N–H and O–H groups in total. The van der Waals surface area contributed by atoms with Crippen molar-refractivity contribution in [3.05, 3.63) is 52.8 Å². The second-order valence-corrected chi connectivity index (χ2v) is 7.62. The molecule has 1 amide bonds. The molecule has 0 aliphatic carbocycles. The van der Waals surface area contributed by atoms with Crippen LogP contribution >= 0.6 is 11.3 Å². The number of thiazole rings is 1. The van der Waals surface area contributed by atoms with Crippen LogP contribution < -0.4 is 9.64 Å². The number of benzene rings is 2. The van der Waals surface area contributed by atoms with Crippen LogP contribution in [0.5, 0.6) is 5.75 Å². The summed E-state index contributed by atoms with van der Waals surface area (Å²) in [5, 5.41) is 9.77. The maximum atomic E-state index is 13.4. The van der Waals surface area contributed by atoms with Crippen molar-refractivity contribution < 1.29 is 23.8 Å². The van der Waals surface area contributed by atoms with Gasteiger partial charge in [-0.3, -0.25) is 14.5 Å². The summed E-state index contributed by atoms with van der Waals surface area (Å²) >= 11 is 1.37. The Hall–Kier alpha value is -3.00. The van der Waals surface area contributed by atoms with E-state index in [1.165, 1.54) is 28.4 Å². The van der Waals surface area contributed by atoms with Crippen molar-refractivity contribution in [2.45, 2.75) is 32.4 Å². The van der Waals surface area contributed by atoms with Crippen molar-refractivity contribution in [3.63, 3.8) is 0 Å². The van der Waals surface area contributed by atoms with E-state index in [0.29, 0.717) is 22.0 Å². The Morgan fingerprint density at radius 3 is 2.89 bits per heavy atom. The van der Waals surface area contributed by atoms with Crippen molar-refractivity contribution in [1.82, 2.24) is 4.98 Å². The van der Waals surface area contributed by atoms with E-state index in [0.717, 1.165) is 16.7 Å². The third-order valence-electron chi connectivity index (χ3n) is 4.58. The summed E-state index contributed by atoms with van der Waals surface area (Å²) < 4.78 is 20.0. The van der Waals surface area contributed by atoms with E-state index in [1.807, 2.05) is 19.1 Å². The van der Waals surface area contributed by atoms with E-state index in [1.54, 1.807) is 12.1 Å². The molecule has 1 atom stereocenters. The molecule has 28 heavy (non-hydrogen) atoms. The molecule has 4 rings (SSSR count). The number of amides is 1. The molecule has 8 heteroatoms. The van der Waals surface area contributed by atoms with Crippen LogP contribution in [0.15, 0.2) is 36.4 Å². The number of hydrogen-bond donors (Lipinski definition) is 1. The quantitative estimate of drug-likeness (QED) is 0.705. The highest BCUT2D eigenvalue weighted by Crippen LogP contribution is 2.37. The van der Waals surface area contributed by atoms with Gasteiger partial charge in [-0.1, -0.05) is 13.0 Å². The number of aryl methyl sites for hydroxylation is 1. The lowest BCUT2D eigenvalue weighted by Gasteiger charge is -2.33. The first kappa shape index (κ1) is 18.4. The lowest BCUT2D eigenvalue weighted by molar-refractivity contribution is -0.142. The first-order valence-electron chi connectivity index (χ1n) is 8.82. The zero-order valence-corrected chi connectivity index (χ0v) is 15.8. The maximum Gasteiger partial charge on any atom is 0.307 e. The first-order chi connectivity index (χ1) is 13.4. The number of aromatic nitrogens is 1. The number of aliphatic carboxylic acids is 1. The molecule has 0 radical (unpaired) electrons. The Bertz CT molecular complexity index is 1080. The molecule has 6 nitrogen and oxygen atoms in total. The molecule has 3 aromatic rings. The second-order valence-electron chi connectivity index (χ2n) is 6.50. The van der Waals surface area contributed by atoms with Gasteiger partial charge in [0.2, 0.25) is 0 Å². The Kier molecular flexibility index (Phi) is 4.72. The normalized spacial score (nSPS) is 16.1. The fourth-order valence-corrected chi connectivity index (χ4v) is 4.13. The number of carboxylic acid groups (broad SMARTS) is 1. The van der Waals surface area contributed by atoms with E-state index in [9.17, 15) is 14.0 Å². The lowest BCUT2D eigenvalue weighted by atomic mass is 10.1. The van der Waals surface area contributed by atoms with E-state index >= 15 is 0 Å². The van der Waals surface area contributed by atoms with Gasteiger partial charge in [0.25, 0.3) is 5.91 Å². The molecular formula is C20H17FN2O4S. The summed E-state index contributed by atoms with van der Waals surface area (Å²) in [4.78, 5) is 30.0. The van der Waals surface area contributed by atoms with E-state index < -0.39 is 24.4 Å². The molecule has 1 unspecified atom stereocenters. The van der Waals surface area contributed by atoms with Crippen LogP contribution in [-0.4, -0.2) is 28.1 Å². The average Bonchev–Trinajstić information content (AvgIpc) is 3.05. The Morgan fingerprint density at radius 1 is 1.32 bits per heavy atom. The molecule has 2 aromatic carbocycles. The van der Waals surface area contributed by atoms with Crippen LogP contribution in [0.4, 0.5) is 10.1 Å². The minimum absolute atomic E-state index is 0.164. The predicted octanol–water partition coefficient (Wildman–Crippen LogP) is 3.77. The summed E-state index contributed by atoms with van der Waals surface area (Å²) in [6.45, 7) is 2.17. The summed E-state index contributed by atoms with van der Waals surface area (Å²) in [6.07, 6.45) is -0.725. The van der Waals surface area contributed by atoms with Gasteiger partial charge in [-0.2, -0.15) is 0 Å². The van der Waals surface area contributed by atoms with Gasteiger partial charge in [0.15, 0.2) is 6.10 Å². The SMILES string of the molecule is CCc1ccc2c(c1)OC(CC(=O)O)C(=O)N2Cc1nc2cc(F)ccc2s1. The van der Waals surface area contributed by atoms with Gasteiger partial charge in [0.1, 0.15) is 16.6 Å². The molecule has 2 heterocycles. The fourth-order valence-electron chi connectivity index (χ4n) is 3.19. The van der Waals surface area contributed by atoms with Crippen LogP contribution in [-0.2, 0) is 22.6 Å². The monoisotopic (exact) mass is 400 g/mol. The number of hydrogen-bond acceptors (Lipinski definition) is 5. The molecule has 1 aliphatic heterocycles. The zero-order chi connectivity index (χ0) is 19.8. The maximum absolute atomic E-state index is 13.4. The van der Waals surface area contributed by atoms with Crippen LogP contribution in [0.2, 0.25) is 0 Å². The molecule has 144 valence electrons. The number of rotatable bonds is 5. The highest BCUT2D eigenvalue weighted by Gasteiger charge is 2.36. The Balaban J connectivity index is 1.72. The van der Waals surface area contributed by atoms with Crippen molar-refractivity contribution in [1.29, 1.82) is 0 Å². The van der Waals surface area contributed by atoms with Crippen LogP contribution in [0.1, 0.15) is 23.9 Å². The molecule has 1 aliphatic rings. The van der Waals surface area contributed by atoms with Gasteiger partial charge in [0, 0.05) is 6.07 Å².